The number of alkyl halides is 4. The Labute approximate surface area is 224 Å². The molecule has 4 aromatic rings. The number of H-pyrrole nitrogens is 1. The summed E-state index contributed by atoms with van der Waals surface area (Å²) in [5.74, 6) is -0.389. The van der Waals surface area contributed by atoms with E-state index in [1.165, 1.54) is 12.4 Å². The minimum atomic E-state index is -4.48. The number of nitrogens with one attached hydrogen (secondary N) is 3. The van der Waals surface area contributed by atoms with Crippen LogP contribution in [0.5, 0.6) is 0 Å². The summed E-state index contributed by atoms with van der Waals surface area (Å²) in [7, 11) is 1.95. The van der Waals surface area contributed by atoms with Crippen molar-refractivity contribution < 1.29 is 26.9 Å². The Hall–Kier alpha value is -3.52. The maximum Gasteiger partial charge on any atom is 0.393 e. The summed E-state index contributed by atoms with van der Waals surface area (Å²) in [6.07, 6.45) is -1.62. The predicted octanol–water partition coefficient (Wildman–Crippen LogP) is 4.69. The van der Waals surface area contributed by atoms with Gasteiger partial charge in [-0.2, -0.15) is 23.3 Å². The number of hydrogen-bond donors (Lipinski definition) is 3. The molecule has 2 aliphatic rings. The third-order valence-electron chi connectivity index (χ3n) is 7.54. The quantitative estimate of drug-likeness (QED) is 0.280. The molecule has 2 aliphatic heterocycles. The second-order valence-corrected chi connectivity index (χ2v) is 11.0. The van der Waals surface area contributed by atoms with Crippen LogP contribution < -0.4 is 10.6 Å². The molecule has 0 spiro atoms. The van der Waals surface area contributed by atoms with E-state index in [9.17, 15) is 18.0 Å². The van der Waals surface area contributed by atoms with Gasteiger partial charge in [0, 0.05) is 18.3 Å². The number of hydrogen-bond acceptors (Lipinski definition) is 8. The van der Waals surface area contributed by atoms with Gasteiger partial charge in [0.05, 0.1) is 46.0 Å². The third-order valence-corrected chi connectivity index (χ3v) is 8.82. The van der Waals surface area contributed by atoms with Crippen LogP contribution in [0.3, 0.4) is 0 Å². The SMILES string of the molecule is CN1[C@@H]2CC[C@H]1[C@H](F)[C@H](Nc1cccc3c(CC(F)(F)F)c(-c4noc(CNC(=O)c5cn[nH]c5)n4)sc13)C2. The topological polar surface area (TPSA) is 112 Å². The standard InChI is InChI=1S/C25H25F4N7O2S/c1-36-13-5-6-18(36)20(26)17(7-13)33-16-4-2-3-14-15(8-25(27,28)29)22(39-21(14)16)23-34-19(38-35-23)11-30-24(37)12-9-31-32-10-12/h2-4,9-10,13,17-18,20,33H,5-8,11H2,1H3,(H,30,37)(H,31,32)/t13-,17-,18+,20-/m1/s1. The van der Waals surface area contributed by atoms with Crippen LogP contribution in [-0.4, -0.2) is 68.7 Å². The molecule has 0 aliphatic carbocycles. The molecule has 3 N–H and O–H groups in total. The Kier molecular flexibility index (Phi) is 6.53. The zero-order valence-corrected chi connectivity index (χ0v) is 21.6. The highest BCUT2D eigenvalue weighted by Gasteiger charge is 2.46. The number of anilines is 1. The van der Waals surface area contributed by atoms with Gasteiger partial charge in [-0.05, 0) is 43.3 Å². The molecule has 3 aromatic heterocycles. The van der Waals surface area contributed by atoms with E-state index in [1.54, 1.807) is 18.2 Å². The van der Waals surface area contributed by atoms with Gasteiger partial charge in [0.1, 0.15) is 6.17 Å². The monoisotopic (exact) mass is 563 g/mol. The van der Waals surface area contributed by atoms with E-state index < -0.39 is 30.7 Å². The van der Waals surface area contributed by atoms with Crippen molar-refractivity contribution in [3.63, 3.8) is 0 Å². The van der Waals surface area contributed by atoms with E-state index in [2.05, 4.69) is 35.9 Å². The maximum absolute atomic E-state index is 15.4. The number of aromatic amines is 1. The van der Waals surface area contributed by atoms with Gasteiger partial charge in [-0.15, -0.1) is 11.3 Å². The van der Waals surface area contributed by atoms with Gasteiger partial charge >= 0.3 is 6.18 Å². The smallest absolute Gasteiger partial charge is 0.378 e. The third kappa shape index (κ3) is 4.98. The second-order valence-electron chi connectivity index (χ2n) is 9.96. The van der Waals surface area contributed by atoms with E-state index in [4.69, 9.17) is 4.52 Å². The Balaban J connectivity index is 1.30. The Morgan fingerprint density at radius 3 is 2.92 bits per heavy atom. The number of halogens is 4. The zero-order valence-electron chi connectivity index (χ0n) is 20.8. The molecular formula is C25H25F4N7O2S. The van der Waals surface area contributed by atoms with Crippen LogP contribution >= 0.6 is 11.3 Å². The van der Waals surface area contributed by atoms with Crippen LogP contribution in [0.15, 0.2) is 35.1 Å². The van der Waals surface area contributed by atoms with Crippen molar-refractivity contribution in [3.8, 4) is 10.7 Å². The summed E-state index contributed by atoms with van der Waals surface area (Å²) in [5, 5.41) is 16.5. The first-order valence-corrected chi connectivity index (χ1v) is 13.3. The van der Waals surface area contributed by atoms with E-state index >= 15 is 4.39 Å². The molecule has 2 bridgehead atoms. The predicted molar refractivity (Wildman–Crippen MR) is 136 cm³/mol. The van der Waals surface area contributed by atoms with Crippen molar-refractivity contribution in [3.05, 3.63) is 47.6 Å². The molecule has 0 saturated carbocycles. The molecule has 0 radical (unpaired) electrons. The number of piperidine rings is 1. The largest absolute Gasteiger partial charge is 0.393 e. The first-order chi connectivity index (χ1) is 18.7. The number of amides is 1. The molecule has 0 unspecified atom stereocenters. The van der Waals surface area contributed by atoms with Crippen molar-refractivity contribution in [1.82, 2.24) is 30.6 Å². The number of fused-ring (bicyclic) bond motifs is 3. The van der Waals surface area contributed by atoms with Crippen molar-refractivity contribution in [1.29, 1.82) is 0 Å². The van der Waals surface area contributed by atoms with Crippen LogP contribution in [0, 0.1) is 0 Å². The minimum Gasteiger partial charge on any atom is -0.378 e. The maximum atomic E-state index is 15.4. The second kappa shape index (κ2) is 9.90. The molecule has 9 nitrogen and oxygen atoms in total. The fraction of sp³-hybridized carbons (Fsp3) is 0.440. The highest BCUT2D eigenvalue weighted by atomic mass is 32.1. The van der Waals surface area contributed by atoms with Gasteiger partial charge in [0.25, 0.3) is 5.91 Å². The molecule has 39 heavy (non-hydrogen) atoms. The van der Waals surface area contributed by atoms with E-state index in [0.717, 1.165) is 24.2 Å². The lowest BCUT2D eigenvalue weighted by Crippen LogP contribution is -2.53. The van der Waals surface area contributed by atoms with Gasteiger partial charge in [0.15, 0.2) is 0 Å². The Morgan fingerprint density at radius 1 is 1.31 bits per heavy atom. The summed E-state index contributed by atoms with van der Waals surface area (Å²) in [5.41, 5.74) is 0.918. The van der Waals surface area contributed by atoms with Crippen LogP contribution in [0.2, 0.25) is 0 Å². The van der Waals surface area contributed by atoms with Crippen molar-refractivity contribution in [2.45, 2.75) is 62.7 Å². The Morgan fingerprint density at radius 2 is 2.15 bits per heavy atom. The number of carbonyl (C=O) groups excluding carboxylic acids is 1. The van der Waals surface area contributed by atoms with Gasteiger partial charge in [0.2, 0.25) is 11.7 Å². The zero-order chi connectivity index (χ0) is 27.3. The highest BCUT2D eigenvalue weighted by molar-refractivity contribution is 7.23. The molecule has 5 heterocycles. The number of nitrogens with zero attached hydrogens (tertiary/aromatic N) is 4. The molecule has 2 saturated heterocycles. The van der Waals surface area contributed by atoms with Crippen LogP contribution in [0.1, 0.15) is 41.1 Å². The average Bonchev–Trinajstić information content (AvgIpc) is 3.68. The Bertz CT molecular complexity index is 1490. The van der Waals surface area contributed by atoms with Gasteiger partial charge in [-0.1, -0.05) is 17.3 Å². The molecule has 4 atom stereocenters. The van der Waals surface area contributed by atoms with Gasteiger partial charge < -0.3 is 15.2 Å². The van der Waals surface area contributed by atoms with Crippen molar-refractivity contribution in [2.75, 3.05) is 12.4 Å². The first-order valence-electron chi connectivity index (χ1n) is 12.5. The fourth-order valence-corrected chi connectivity index (χ4v) is 6.85. The number of carbonyl (C=O) groups is 1. The van der Waals surface area contributed by atoms with Crippen LogP contribution in [0.4, 0.5) is 23.2 Å². The number of thiophene rings is 1. The fourth-order valence-electron chi connectivity index (χ4n) is 5.63. The molecule has 2 fully saturated rings. The average molecular weight is 564 g/mol. The normalized spacial score (nSPS) is 23.4. The first kappa shape index (κ1) is 25.7. The highest BCUT2D eigenvalue weighted by Crippen LogP contribution is 2.44. The lowest BCUT2D eigenvalue weighted by molar-refractivity contribution is -0.126. The summed E-state index contributed by atoms with van der Waals surface area (Å²) in [6.45, 7) is -0.111. The number of rotatable bonds is 7. The molecule has 206 valence electrons. The van der Waals surface area contributed by atoms with Gasteiger partial charge in [-0.3, -0.25) is 14.8 Å². The van der Waals surface area contributed by atoms with E-state index in [-0.39, 0.29) is 40.8 Å². The summed E-state index contributed by atoms with van der Waals surface area (Å²) >= 11 is 1.11. The van der Waals surface area contributed by atoms with Gasteiger partial charge in [-0.25, -0.2) is 4.39 Å². The van der Waals surface area contributed by atoms with E-state index in [1.807, 2.05) is 7.05 Å². The summed E-state index contributed by atoms with van der Waals surface area (Å²) in [6, 6.07) is 4.75. The summed E-state index contributed by atoms with van der Waals surface area (Å²) < 4.78 is 62.1. The van der Waals surface area contributed by atoms with E-state index in [0.29, 0.717) is 27.8 Å². The molecule has 1 aromatic carbocycles. The number of aromatic nitrogens is 4. The lowest BCUT2D eigenvalue weighted by atomic mass is 9.95. The van der Waals surface area contributed by atoms with Crippen LogP contribution in [-0.2, 0) is 13.0 Å². The lowest BCUT2D eigenvalue weighted by Gasteiger charge is -2.39. The molecular weight excluding hydrogens is 538 g/mol. The molecule has 6 rings (SSSR count). The molecule has 1 amide bonds. The van der Waals surface area contributed by atoms with Crippen molar-refractivity contribution in [2.24, 2.45) is 0 Å². The minimum absolute atomic E-state index is 0.00494. The number of benzene rings is 1. The molecule has 14 heteroatoms. The summed E-state index contributed by atoms with van der Waals surface area (Å²) in [4.78, 5) is 18.7. The van der Waals surface area contributed by atoms with Crippen LogP contribution in [0.25, 0.3) is 20.8 Å². The van der Waals surface area contributed by atoms with Crippen molar-refractivity contribution >= 4 is 33.0 Å².